The number of hydrogen-bond acceptors (Lipinski definition) is 5. The van der Waals surface area contributed by atoms with Crippen LogP contribution in [0.25, 0.3) is 0 Å². The number of nitrogens with one attached hydrogen (secondary N) is 1. The van der Waals surface area contributed by atoms with Gasteiger partial charge in [-0.2, -0.15) is 5.10 Å². The van der Waals surface area contributed by atoms with E-state index in [9.17, 15) is 4.79 Å². The summed E-state index contributed by atoms with van der Waals surface area (Å²) in [6.45, 7) is 7.72. The summed E-state index contributed by atoms with van der Waals surface area (Å²) in [5, 5.41) is 7.41. The zero-order valence-electron chi connectivity index (χ0n) is 14.8. The average molecular weight is 343 g/mol. The van der Waals surface area contributed by atoms with Crippen molar-refractivity contribution in [2.75, 3.05) is 26.2 Å². The van der Waals surface area contributed by atoms with Crippen molar-refractivity contribution in [3.8, 4) is 0 Å². The Balaban J connectivity index is 1.46. The molecule has 134 valence electrons. The number of carbonyl (C=O) groups excluding carboxylic acids is 1. The number of hydrogen-bond donors (Lipinski definition) is 1. The molecule has 0 radical (unpaired) electrons. The molecule has 7 heteroatoms. The molecular formula is C18H25N5O2. The van der Waals surface area contributed by atoms with Crippen molar-refractivity contribution in [1.82, 2.24) is 25.0 Å². The zero-order valence-corrected chi connectivity index (χ0v) is 14.8. The van der Waals surface area contributed by atoms with Gasteiger partial charge < -0.3 is 10.1 Å². The molecule has 1 saturated heterocycles. The smallest absolute Gasteiger partial charge is 0.234 e. The normalized spacial score (nSPS) is 18.2. The van der Waals surface area contributed by atoms with E-state index < -0.39 is 0 Å². The molecule has 3 rings (SSSR count). The number of nitrogens with zero attached hydrogens (tertiary/aromatic N) is 4. The second-order valence-corrected chi connectivity index (χ2v) is 6.43. The van der Waals surface area contributed by atoms with Gasteiger partial charge in [-0.1, -0.05) is 6.07 Å². The van der Waals surface area contributed by atoms with Crippen molar-refractivity contribution in [2.24, 2.45) is 0 Å². The van der Waals surface area contributed by atoms with E-state index in [4.69, 9.17) is 4.74 Å². The van der Waals surface area contributed by atoms with Gasteiger partial charge in [0.2, 0.25) is 5.91 Å². The van der Waals surface area contributed by atoms with Gasteiger partial charge in [0.05, 0.1) is 43.7 Å². The summed E-state index contributed by atoms with van der Waals surface area (Å²) in [6, 6.07) is 7.74. The van der Waals surface area contributed by atoms with Gasteiger partial charge >= 0.3 is 0 Å². The summed E-state index contributed by atoms with van der Waals surface area (Å²) in [7, 11) is 0. The second-order valence-electron chi connectivity index (χ2n) is 6.43. The minimum absolute atomic E-state index is 0.0115. The van der Waals surface area contributed by atoms with Gasteiger partial charge in [-0.3, -0.25) is 19.4 Å². The third-order valence-electron chi connectivity index (χ3n) is 4.26. The van der Waals surface area contributed by atoms with E-state index in [0.29, 0.717) is 26.2 Å². The van der Waals surface area contributed by atoms with Crippen LogP contribution in [0.3, 0.4) is 0 Å². The van der Waals surface area contributed by atoms with Crippen LogP contribution in [-0.4, -0.2) is 57.9 Å². The number of aromatic nitrogens is 3. The maximum absolute atomic E-state index is 12.2. The summed E-state index contributed by atoms with van der Waals surface area (Å²) in [5.74, 6) is 0.0115. The topological polar surface area (TPSA) is 72.3 Å². The minimum Gasteiger partial charge on any atom is -0.374 e. The molecule has 0 aromatic carbocycles. The fourth-order valence-electron chi connectivity index (χ4n) is 3.04. The Morgan fingerprint density at radius 2 is 2.28 bits per heavy atom. The van der Waals surface area contributed by atoms with Crippen molar-refractivity contribution in [2.45, 2.75) is 33.0 Å². The van der Waals surface area contributed by atoms with Crippen LogP contribution in [0.2, 0.25) is 0 Å². The van der Waals surface area contributed by atoms with Crippen LogP contribution in [0.1, 0.15) is 17.1 Å². The lowest BCUT2D eigenvalue weighted by molar-refractivity contribution is -0.124. The first-order valence-corrected chi connectivity index (χ1v) is 8.62. The molecule has 0 spiro atoms. The molecule has 1 fully saturated rings. The van der Waals surface area contributed by atoms with Crippen molar-refractivity contribution in [3.63, 3.8) is 0 Å². The molecule has 1 unspecified atom stereocenters. The lowest BCUT2D eigenvalue weighted by Crippen LogP contribution is -2.48. The summed E-state index contributed by atoms with van der Waals surface area (Å²) in [6.07, 6.45) is 1.78. The number of rotatable bonds is 6. The number of ether oxygens (including phenoxy) is 1. The van der Waals surface area contributed by atoms with Crippen LogP contribution in [0.4, 0.5) is 0 Å². The van der Waals surface area contributed by atoms with E-state index >= 15 is 0 Å². The molecule has 2 aromatic rings. The number of pyridine rings is 1. The van der Waals surface area contributed by atoms with E-state index in [0.717, 1.165) is 30.2 Å². The lowest BCUT2D eigenvalue weighted by Gasteiger charge is -2.32. The Morgan fingerprint density at radius 1 is 1.40 bits per heavy atom. The number of aryl methyl sites for hydroxylation is 2. The number of carbonyl (C=O) groups is 1. The van der Waals surface area contributed by atoms with E-state index in [-0.39, 0.29) is 12.0 Å². The molecular weight excluding hydrogens is 318 g/mol. The van der Waals surface area contributed by atoms with Gasteiger partial charge in [0.1, 0.15) is 0 Å². The first-order chi connectivity index (χ1) is 12.1. The monoisotopic (exact) mass is 343 g/mol. The summed E-state index contributed by atoms with van der Waals surface area (Å²) >= 11 is 0. The fraction of sp³-hybridized carbons (Fsp3) is 0.500. The van der Waals surface area contributed by atoms with Gasteiger partial charge in [-0.05, 0) is 32.0 Å². The standard InChI is InChI=1S/C18H25N5O2/c1-14-9-15(2)23(21-14)12-17-11-22(7-8-25-17)13-18(24)20-10-16-5-3-4-6-19-16/h3-6,9,17H,7-8,10-13H2,1-2H3,(H,20,24). The van der Waals surface area contributed by atoms with Crippen molar-refractivity contribution < 1.29 is 9.53 Å². The average Bonchev–Trinajstić information content (AvgIpc) is 2.91. The molecule has 7 nitrogen and oxygen atoms in total. The highest BCUT2D eigenvalue weighted by atomic mass is 16.5. The molecule has 25 heavy (non-hydrogen) atoms. The molecule has 0 aliphatic carbocycles. The summed E-state index contributed by atoms with van der Waals surface area (Å²) in [4.78, 5) is 18.5. The van der Waals surface area contributed by atoms with Crippen LogP contribution < -0.4 is 5.32 Å². The molecule has 2 aromatic heterocycles. The third kappa shape index (κ3) is 5.11. The maximum Gasteiger partial charge on any atom is 0.234 e. The molecule has 0 saturated carbocycles. The van der Waals surface area contributed by atoms with E-state index in [1.807, 2.05) is 36.7 Å². The maximum atomic E-state index is 12.2. The molecule has 1 aliphatic heterocycles. The Morgan fingerprint density at radius 3 is 3.00 bits per heavy atom. The largest absolute Gasteiger partial charge is 0.374 e. The van der Waals surface area contributed by atoms with Gasteiger partial charge in [-0.15, -0.1) is 0 Å². The zero-order chi connectivity index (χ0) is 17.6. The predicted molar refractivity (Wildman–Crippen MR) is 94.0 cm³/mol. The van der Waals surface area contributed by atoms with Crippen LogP contribution >= 0.6 is 0 Å². The van der Waals surface area contributed by atoms with Crippen LogP contribution in [0.5, 0.6) is 0 Å². The number of amides is 1. The summed E-state index contributed by atoms with van der Waals surface area (Å²) < 4.78 is 7.82. The lowest BCUT2D eigenvalue weighted by atomic mass is 10.2. The van der Waals surface area contributed by atoms with Gasteiger partial charge in [-0.25, -0.2) is 0 Å². The molecule has 1 N–H and O–H groups in total. The third-order valence-corrected chi connectivity index (χ3v) is 4.26. The Bertz CT molecular complexity index is 701. The predicted octanol–water partition coefficient (Wildman–Crippen LogP) is 0.912. The highest BCUT2D eigenvalue weighted by molar-refractivity contribution is 5.77. The fourth-order valence-corrected chi connectivity index (χ4v) is 3.04. The second kappa shape index (κ2) is 8.22. The van der Waals surface area contributed by atoms with Crippen LogP contribution in [0, 0.1) is 13.8 Å². The first-order valence-electron chi connectivity index (χ1n) is 8.62. The number of morpholine rings is 1. The summed E-state index contributed by atoms with van der Waals surface area (Å²) in [5.41, 5.74) is 3.01. The van der Waals surface area contributed by atoms with E-state index in [2.05, 4.69) is 26.4 Å². The Hall–Kier alpha value is -2.25. The Labute approximate surface area is 148 Å². The van der Waals surface area contributed by atoms with Crippen molar-refractivity contribution in [3.05, 3.63) is 47.5 Å². The molecule has 1 aliphatic rings. The highest BCUT2D eigenvalue weighted by Crippen LogP contribution is 2.10. The van der Waals surface area contributed by atoms with Crippen molar-refractivity contribution >= 4 is 5.91 Å². The first kappa shape index (κ1) is 17.6. The van der Waals surface area contributed by atoms with Crippen LogP contribution in [-0.2, 0) is 22.6 Å². The van der Waals surface area contributed by atoms with Crippen LogP contribution in [0.15, 0.2) is 30.5 Å². The highest BCUT2D eigenvalue weighted by Gasteiger charge is 2.23. The van der Waals surface area contributed by atoms with Gasteiger partial charge in [0.15, 0.2) is 0 Å². The molecule has 3 heterocycles. The minimum atomic E-state index is 0.0115. The quantitative estimate of drug-likeness (QED) is 0.844. The molecule has 1 atom stereocenters. The Kier molecular flexibility index (Phi) is 5.78. The van der Waals surface area contributed by atoms with Gasteiger partial charge in [0, 0.05) is 25.0 Å². The molecule has 0 bridgehead atoms. The SMILES string of the molecule is Cc1cc(C)n(CC2CN(CC(=O)NCc3ccccn3)CCO2)n1. The van der Waals surface area contributed by atoms with E-state index in [1.165, 1.54) is 0 Å². The van der Waals surface area contributed by atoms with E-state index in [1.54, 1.807) is 6.20 Å². The van der Waals surface area contributed by atoms with Gasteiger partial charge in [0.25, 0.3) is 0 Å². The molecule has 1 amide bonds. The van der Waals surface area contributed by atoms with Crippen molar-refractivity contribution in [1.29, 1.82) is 0 Å².